The molecule has 0 aliphatic carbocycles. The van der Waals surface area contributed by atoms with Crippen molar-refractivity contribution in [2.75, 3.05) is 0 Å². The highest BCUT2D eigenvalue weighted by molar-refractivity contribution is 7.16. The van der Waals surface area contributed by atoms with E-state index in [0.29, 0.717) is 10.4 Å². The second-order valence-corrected chi connectivity index (χ2v) is 6.97. The molecule has 0 spiro atoms. The highest BCUT2D eigenvalue weighted by Gasteiger charge is 2.16. The average molecular weight is 355 g/mol. The van der Waals surface area contributed by atoms with Crippen LogP contribution in [0.4, 0.5) is 8.78 Å². The second-order valence-electron chi connectivity index (χ2n) is 5.86. The number of halogens is 2. The molecule has 1 heterocycles. The summed E-state index contributed by atoms with van der Waals surface area (Å²) in [6.07, 6.45) is 2.51. The van der Waals surface area contributed by atoms with Crippen LogP contribution >= 0.6 is 11.3 Å². The Kier molecular flexibility index (Phi) is 5.11. The van der Waals surface area contributed by atoms with Crippen LogP contribution in [0.5, 0.6) is 0 Å². The average Bonchev–Trinajstić information content (AvgIpc) is 3.09. The van der Waals surface area contributed by atoms with Gasteiger partial charge in [0.15, 0.2) is 0 Å². The molecule has 0 amide bonds. The Labute approximate surface area is 150 Å². The lowest BCUT2D eigenvalue weighted by molar-refractivity contribution is 0.591. The minimum Gasteiger partial charge on any atom is -0.324 e. The lowest BCUT2D eigenvalue weighted by Crippen LogP contribution is -2.08. The zero-order chi connectivity index (χ0) is 18.0. The Morgan fingerprint density at radius 2 is 1.68 bits per heavy atom. The van der Waals surface area contributed by atoms with Gasteiger partial charge in [-0.1, -0.05) is 43.8 Å². The van der Waals surface area contributed by atoms with Crippen molar-refractivity contribution in [3.8, 4) is 21.6 Å². The summed E-state index contributed by atoms with van der Waals surface area (Å²) in [7, 11) is 0. The van der Waals surface area contributed by atoms with Crippen molar-refractivity contribution in [2.45, 2.75) is 19.4 Å². The molecule has 0 saturated heterocycles. The van der Waals surface area contributed by atoms with E-state index >= 15 is 0 Å². The Bertz CT molecular complexity index is 874. The number of benzene rings is 2. The molecular weight excluding hydrogens is 336 g/mol. The van der Waals surface area contributed by atoms with Gasteiger partial charge in [-0.3, -0.25) is 0 Å². The Morgan fingerprint density at radius 1 is 1.04 bits per heavy atom. The van der Waals surface area contributed by atoms with Crippen molar-refractivity contribution >= 4 is 17.4 Å². The Hall–Kier alpha value is -2.30. The van der Waals surface area contributed by atoms with E-state index in [4.69, 9.17) is 5.73 Å². The van der Waals surface area contributed by atoms with E-state index < -0.39 is 11.6 Å². The summed E-state index contributed by atoms with van der Waals surface area (Å²) >= 11 is 1.31. The molecule has 4 heteroatoms. The maximum Gasteiger partial charge on any atom is 0.135 e. The van der Waals surface area contributed by atoms with E-state index in [9.17, 15) is 8.78 Å². The summed E-state index contributed by atoms with van der Waals surface area (Å²) in [4.78, 5) is 1.43. The largest absolute Gasteiger partial charge is 0.324 e. The molecule has 0 fully saturated rings. The third kappa shape index (κ3) is 3.55. The minimum atomic E-state index is -0.568. The fraction of sp³-hybridized carbons (Fsp3) is 0.143. The summed E-state index contributed by atoms with van der Waals surface area (Å²) in [5.74, 6) is -1.14. The first kappa shape index (κ1) is 17.5. The van der Waals surface area contributed by atoms with Crippen LogP contribution in [0, 0.1) is 11.6 Å². The Morgan fingerprint density at radius 3 is 2.20 bits per heavy atom. The summed E-state index contributed by atoms with van der Waals surface area (Å²) < 4.78 is 29.2. The molecule has 3 aromatic rings. The summed E-state index contributed by atoms with van der Waals surface area (Å²) in [6, 6.07) is 13.7. The van der Waals surface area contributed by atoms with Gasteiger partial charge in [0.25, 0.3) is 0 Å². The topological polar surface area (TPSA) is 26.0 Å². The molecule has 128 valence electrons. The van der Waals surface area contributed by atoms with Crippen LogP contribution in [-0.4, -0.2) is 0 Å². The van der Waals surface area contributed by atoms with Crippen LogP contribution in [0.3, 0.4) is 0 Å². The summed E-state index contributed by atoms with van der Waals surface area (Å²) in [5, 5.41) is 0. The van der Waals surface area contributed by atoms with Gasteiger partial charge < -0.3 is 5.73 Å². The van der Waals surface area contributed by atoms with Gasteiger partial charge in [0, 0.05) is 15.8 Å². The number of rotatable bonds is 5. The molecule has 0 bridgehead atoms. The van der Waals surface area contributed by atoms with Gasteiger partial charge in [0.2, 0.25) is 0 Å². The smallest absolute Gasteiger partial charge is 0.135 e. The van der Waals surface area contributed by atoms with E-state index in [1.165, 1.54) is 23.5 Å². The van der Waals surface area contributed by atoms with Crippen LogP contribution in [0.15, 0.2) is 55.1 Å². The van der Waals surface area contributed by atoms with Crippen LogP contribution in [-0.2, 0) is 0 Å². The van der Waals surface area contributed by atoms with E-state index in [0.717, 1.165) is 22.4 Å². The predicted molar refractivity (Wildman–Crippen MR) is 102 cm³/mol. The van der Waals surface area contributed by atoms with Crippen molar-refractivity contribution < 1.29 is 8.78 Å². The molecule has 1 aromatic heterocycles. The number of nitrogens with two attached hydrogens (primary N) is 1. The lowest BCUT2D eigenvalue weighted by atomic mass is 9.98. The predicted octanol–water partition coefficient (Wildman–Crippen LogP) is 6.41. The van der Waals surface area contributed by atoms with Crippen LogP contribution in [0.2, 0.25) is 0 Å². The first-order chi connectivity index (χ1) is 12.0. The molecule has 0 aliphatic rings. The van der Waals surface area contributed by atoms with E-state index in [1.807, 2.05) is 31.2 Å². The molecular formula is C21H19F2NS. The van der Waals surface area contributed by atoms with Gasteiger partial charge >= 0.3 is 0 Å². The molecule has 2 N–H and O–H groups in total. The fourth-order valence-corrected chi connectivity index (χ4v) is 3.64. The van der Waals surface area contributed by atoms with Gasteiger partial charge in [0.05, 0.1) is 5.56 Å². The molecule has 3 rings (SSSR count). The van der Waals surface area contributed by atoms with E-state index in [2.05, 4.69) is 6.58 Å². The molecule has 0 saturated carbocycles. The zero-order valence-corrected chi connectivity index (χ0v) is 14.7. The highest BCUT2D eigenvalue weighted by atomic mass is 32.1. The maximum absolute atomic E-state index is 14.6. The van der Waals surface area contributed by atoms with Gasteiger partial charge in [-0.25, -0.2) is 8.78 Å². The quantitative estimate of drug-likeness (QED) is 0.562. The van der Waals surface area contributed by atoms with Gasteiger partial charge in [-0.05, 0) is 47.4 Å². The third-order valence-electron chi connectivity index (χ3n) is 4.23. The maximum atomic E-state index is 14.6. The lowest BCUT2D eigenvalue weighted by Gasteiger charge is -2.11. The standard InChI is InChI=1S/C21H19F2NS/c1-3-16-9-10-20(25-16)21-17(22)11-15(12-18(21)23)13-5-7-14(8-6-13)19(24)4-2/h3,5-12,19H,1,4,24H2,2H3. The zero-order valence-electron chi connectivity index (χ0n) is 13.9. The van der Waals surface area contributed by atoms with Crippen LogP contribution in [0.1, 0.15) is 29.8 Å². The molecule has 1 unspecified atom stereocenters. The van der Waals surface area contributed by atoms with Gasteiger partial charge in [-0.2, -0.15) is 0 Å². The second kappa shape index (κ2) is 7.30. The van der Waals surface area contributed by atoms with Crippen LogP contribution < -0.4 is 5.73 Å². The molecule has 0 aliphatic heterocycles. The van der Waals surface area contributed by atoms with Crippen molar-refractivity contribution in [3.05, 3.63) is 77.2 Å². The van der Waals surface area contributed by atoms with Crippen LogP contribution in [0.25, 0.3) is 27.6 Å². The Balaban J connectivity index is 1.98. The summed E-state index contributed by atoms with van der Waals surface area (Å²) in [5.41, 5.74) is 8.29. The van der Waals surface area contributed by atoms with E-state index in [-0.39, 0.29) is 11.6 Å². The molecule has 1 atom stereocenters. The molecule has 2 aromatic carbocycles. The molecule has 1 nitrogen and oxygen atoms in total. The molecule has 0 radical (unpaired) electrons. The fourth-order valence-electron chi connectivity index (χ4n) is 2.73. The number of hydrogen-bond acceptors (Lipinski definition) is 2. The molecule has 25 heavy (non-hydrogen) atoms. The van der Waals surface area contributed by atoms with Gasteiger partial charge in [0.1, 0.15) is 11.6 Å². The van der Waals surface area contributed by atoms with Crippen molar-refractivity contribution in [3.63, 3.8) is 0 Å². The van der Waals surface area contributed by atoms with E-state index in [1.54, 1.807) is 18.2 Å². The third-order valence-corrected chi connectivity index (χ3v) is 5.33. The number of thiophene rings is 1. The SMILES string of the molecule is C=Cc1ccc(-c2c(F)cc(-c3ccc(C(N)CC)cc3)cc2F)s1. The van der Waals surface area contributed by atoms with Crippen molar-refractivity contribution in [2.24, 2.45) is 5.73 Å². The summed E-state index contributed by atoms with van der Waals surface area (Å²) in [6.45, 7) is 5.69. The first-order valence-corrected chi connectivity index (χ1v) is 8.92. The van der Waals surface area contributed by atoms with Crippen molar-refractivity contribution in [1.29, 1.82) is 0 Å². The normalized spacial score (nSPS) is 12.2. The van der Waals surface area contributed by atoms with Crippen molar-refractivity contribution in [1.82, 2.24) is 0 Å². The first-order valence-electron chi connectivity index (χ1n) is 8.11. The minimum absolute atomic E-state index is 0.00600. The highest BCUT2D eigenvalue weighted by Crippen LogP contribution is 2.35. The monoisotopic (exact) mass is 355 g/mol. The van der Waals surface area contributed by atoms with Gasteiger partial charge in [-0.15, -0.1) is 11.3 Å². The number of hydrogen-bond donors (Lipinski definition) is 1.